The summed E-state index contributed by atoms with van der Waals surface area (Å²) in [5.74, 6) is -0.205. The molecule has 1 heterocycles. The second kappa shape index (κ2) is 6.45. The maximum absolute atomic E-state index is 11.2. The monoisotopic (exact) mass is 279 g/mol. The zero-order valence-electron chi connectivity index (χ0n) is 9.24. The molecule has 0 radical (unpaired) electrons. The summed E-state index contributed by atoms with van der Waals surface area (Å²) in [6, 6.07) is 0. The third-order valence-electron chi connectivity index (χ3n) is 2.74. The van der Waals surface area contributed by atoms with Crippen LogP contribution < -0.4 is 0 Å². The van der Waals surface area contributed by atoms with Gasteiger partial charge in [0.15, 0.2) is 0 Å². The van der Waals surface area contributed by atoms with E-state index in [1.807, 2.05) is 0 Å². The van der Waals surface area contributed by atoms with E-state index in [0.717, 1.165) is 25.9 Å². The molecule has 88 valence electrons. The molecule has 0 aromatic heterocycles. The fourth-order valence-corrected chi connectivity index (χ4v) is 2.35. The molecule has 15 heavy (non-hydrogen) atoms. The van der Waals surface area contributed by atoms with E-state index in [2.05, 4.69) is 25.6 Å². The van der Waals surface area contributed by atoms with E-state index >= 15 is 0 Å². The number of carbonyl (C=O) groups excluding carboxylic acids is 1. The van der Waals surface area contributed by atoms with Crippen molar-refractivity contribution in [3.63, 3.8) is 0 Å². The fourth-order valence-electron chi connectivity index (χ4n) is 1.76. The van der Waals surface area contributed by atoms with E-state index in [4.69, 9.17) is 4.74 Å². The zero-order valence-corrected chi connectivity index (χ0v) is 10.8. The Bertz CT molecular complexity index is 205. The van der Waals surface area contributed by atoms with Crippen LogP contribution in [-0.4, -0.2) is 55.7 Å². The number of carbonyl (C=O) groups is 1. The molecule has 4 nitrogen and oxygen atoms in total. The van der Waals surface area contributed by atoms with Crippen molar-refractivity contribution in [1.29, 1.82) is 0 Å². The van der Waals surface area contributed by atoms with Gasteiger partial charge in [0.2, 0.25) is 0 Å². The Balaban J connectivity index is 2.26. The normalized spacial score (nSPS) is 21.3. The van der Waals surface area contributed by atoms with Gasteiger partial charge in [-0.2, -0.15) is 0 Å². The molecule has 1 saturated heterocycles. The molecule has 0 amide bonds. The summed E-state index contributed by atoms with van der Waals surface area (Å²) in [5, 5.41) is 0. The molecule has 0 aromatic rings. The Morgan fingerprint density at radius 1 is 1.47 bits per heavy atom. The van der Waals surface area contributed by atoms with Gasteiger partial charge in [0.05, 0.1) is 13.2 Å². The van der Waals surface area contributed by atoms with E-state index in [-0.39, 0.29) is 10.8 Å². The maximum Gasteiger partial charge on any atom is 0.320 e. The molecule has 1 atom stereocenters. The van der Waals surface area contributed by atoms with Crippen LogP contribution in [0.25, 0.3) is 0 Å². The highest BCUT2D eigenvalue weighted by Crippen LogP contribution is 2.15. The summed E-state index contributed by atoms with van der Waals surface area (Å²) in [6.45, 7) is 2.68. The second-order valence-electron chi connectivity index (χ2n) is 3.73. The molecule has 1 unspecified atom stereocenters. The first-order chi connectivity index (χ1) is 7.17. The van der Waals surface area contributed by atoms with Crippen LogP contribution in [0.5, 0.6) is 0 Å². The van der Waals surface area contributed by atoms with Crippen LogP contribution in [0.4, 0.5) is 0 Å². The van der Waals surface area contributed by atoms with Crippen LogP contribution in [0.1, 0.15) is 12.8 Å². The number of rotatable bonds is 4. The number of piperidine rings is 1. The maximum atomic E-state index is 11.2. The average Bonchev–Trinajstić information content (AvgIpc) is 2.29. The highest BCUT2D eigenvalue weighted by atomic mass is 79.9. The first-order valence-electron chi connectivity index (χ1n) is 5.14. The molecule has 0 bridgehead atoms. The van der Waals surface area contributed by atoms with Crippen LogP contribution in [0.2, 0.25) is 0 Å². The van der Waals surface area contributed by atoms with Crippen molar-refractivity contribution in [3.8, 4) is 0 Å². The minimum Gasteiger partial charge on any atom is -0.468 e. The van der Waals surface area contributed by atoms with Crippen LogP contribution in [0, 0.1) is 0 Å². The molecule has 5 heteroatoms. The van der Waals surface area contributed by atoms with E-state index in [9.17, 15) is 4.79 Å². The first-order valence-corrected chi connectivity index (χ1v) is 6.06. The number of ether oxygens (including phenoxy) is 2. The van der Waals surface area contributed by atoms with Gasteiger partial charge in [-0.1, -0.05) is 15.9 Å². The lowest BCUT2D eigenvalue weighted by atomic mass is 10.1. The number of hydrogen-bond donors (Lipinski definition) is 0. The molecule has 1 fully saturated rings. The number of methoxy groups -OCH3 is 2. The SMILES string of the molecule is COC(=O)C(Br)CN1CCC(OC)CC1. The summed E-state index contributed by atoms with van der Waals surface area (Å²) in [6.07, 6.45) is 2.46. The zero-order chi connectivity index (χ0) is 11.3. The largest absolute Gasteiger partial charge is 0.468 e. The molecule has 0 aliphatic carbocycles. The van der Waals surface area contributed by atoms with Crippen LogP contribution in [0.15, 0.2) is 0 Å². The molecule has 0 saturated carbocycles. The molecule has 0 N–H and O–H groups in total. The van der Waals surface area contributed by atoms with Gasteiger partial charge in [-0.25, -0.2) is 0 Å². The van der Waals surface area contributed by atoms with E-state index in [0.29, 0.717) is 12.6 Å². The molecular weight excluding hydrogens is 262 g/mol. The predicted molar refractivity (Wildman–Crippen MR) is 61.2 cm³/mol. The number of esters is 1. The highest BCUT2D eigenvalue weighted by molar-refractivity contribution is 9.10. The molecule has 0 aromatic carbocycles. The van der Waals surface area contributed by atoms with Crippen molar-refractivity contribution in [2.75, 3.05) is 33.9 Å². The molecule has 0 spiro atoms. The number of likely N-dealkylation sites (tertiary alicyclic amines) is 1. The lowest BCUT2D eigenvalue weighted by Crippen LogP contribution is -2.41. The summed E-state index contributed by atoms with van der Waals surface area (Å²) in [5.41, 5.74) is 0. The van der Waals surface area contributed by atoms with Gasteiger partial charge in [0, 0.05) is 26.7 Å². The minimum atomic E-state index is -0.221. The van der Waals surface area contributed by atoms with E-state index < -0.39 is 0 Å². The van der Waals surface area contributed by atoms with Gasteiger partial charge in [-0.15, -0.1) is 0 Å². The molecule has 1 rings (SSSR count). The average molecular weight is 280 g/mol. The Morgan fingerprint density at radius 3 is 2.53 bits per heavy atom. The minimum absolute atomic E-state index is 0.205. The molecular formula is C10H18BrNO3. The van der Waals surface area contributed by atoms with Crippen LogP contribution >= 0.6 is 15.9 Å². The van der Waals surface area contributed by atoms with Gasteiger partial charge >= 0.3 is 5.97 Å². The van der Waals surface area contributed by atoms with Crippen molar-refractivity contribution in [1.82, 2.24) is 4.90 Å². The summed E-state index contributed by atoms with van der Waals surface area (Å²) in [7, 11) is 3.16. The van der Waals surface area contributed by atoms with Gasteiger partial charge in [0.1, 0.15) is 4.83 Å². The van der Waals surface area contributed by atoms with Gasteiger partial charge in [0.25, 0.3) is 0 Å². The lowest BCUT2D eigenvalue weighted by molar-refractivity contribution is -0.140. The van der Waals surface area contributed by atoms with Crippen molar-refractivity contribution in [2.45, 2.75) is 23.8 Å². The van der Waals surface area contributed by atoms with Crippen molar-refractivity contribution in [3.05, 3.63) is 0 Å². The van der Waals surface area contributed by atoms with E-state index in [1.165, 1.54) is 7.11 Å². The Kier molecular flexibility index (Phi) is 5.56. The number of hydrogen-bond acceptors (Lipinski definition) is 4. The van der Waals surface area contributed by atoms with E-state index in [1.54, 1.807) is 7.11 Å². The standard InChI is InChI=1S/C10H18BrNO3/c1-14-8-3-5-12(6-4-8)7-9(11)10(13)15-2/h8-9H,3-7H2,1-2H3. The first kappa shape index (κ1) is 12.9. The van der Waals surface area contributed by atoms with Crippen molar-refractivity contribution < 1.29 is 14.3 Å². The Labute approximate surface area is 99.0 Å². The summed E-state index contributed by atoms with van der Waals surface area (Å²) < 4.78 is 9.94. The van der Waals surface area contributed by atoms with Crippen LogP contribution in [-0.2, 0) is 14.3 Å². The summed E-state index contributed by atoms with van der Waals surface area (Å²) >= 11 is 3.32. The number of alkyl halides is 1. The Hall–Kier alpha value is -0.130. The van der Waals surface area contributed by atoms with Gasteiger partial charge in [-0.3, -0.25) is 4.79 Å². The number of nitrogens with zero attached hydrogens (tertiary/aromatic N) is 1. The smallest absolute Gasteiger partial charge is 0.320 e. The number of halogens is 1. The summed E-state index contributed by atoms with van der Waals surface area (Å²) in [4.78, 5) is 13.2. The van der Waals surface area contributed by atoms with Crippen molar-refractivity contribution in [2.24, 2.45) is 0 Å². The highest BCUT2D eigenvalue weighted by Gasteiger charge is 2.23. The third kappa shape index (κ3) is 4.09. The second-order valence-corrected chi connectivity index (χ2v) is 4.83. The predicted octanol–water partition coefficient (Wildman–Crippen LogP) is 1.03. The van der Waals surface area contributed by atoms with Gasteiger partial charge < -0.3 is 14.4 Å². The quantitative estimate of drug-likeness (QED) is 0.569. The molecule has 1 aliphatic rings. The lowest BCUT2D eigenvalue weighted by Gasteiger charge is -2.31. The molecule has 1 aliphatic heterocycles. The topological polar surface area (TPSA) is 38.8 Å². The van der Waals surface area contributed by atoms with Crippen LogP contribution in [0.3, 0.4) is 0 Å². The Morgan fingerprint density at radius 2 is 2.07 bits per heavy atom. The fraction of sp³-hybridized carbons (Fsp3) is 0.900. The van der Waals surface area contributed by atoms with Crippen molar-refractivity contribution >= 4 is 21.9 Å². The third-order valence-corrected chi connectivity index (χ3v) is 3.41. The van der Waals surface area contributed by atoms with Gasteiger partial charge in [-0.05, 0) is 12.8 Å².